The van der Waals surface area contributed by atoms with Crippen LogP contribution >= 0.6 is 0 Å². The second-order valence-corrected chi connectivity index (χ2v) is 4.04. The number of aryl methyl sites for hydroxylation is 1. The molecule has 0 aliphatic rings. The standard InChI is InChI=1S/C14H13FN2O3/c1-10-14(17-20-16-10)9-19-13-7-11(4-2-3-5-18)6-12(15)8-13/h6-8,18H,3,5,9H2,1H3. The van der Waals surface area contributed by atoms with Gasteiger partial charge < -0.3 is 9.84 Å². The Morgan fingerprint density at radius 3 is 2.90 bits per heavy atom. The third-order valence-electron chi connectivity index (χ3n) is 2.46. The Hall–Kier alpha value is -2.39. The predicted molar refractivity (Wildman–Crippen MR) is 68.3 cm³/mol. The van der Waals surface area contributed by atoms with Crippen LogP contribution in [0.4, 0.5) is 4.39 Å². The molecule has 5 nitrogen and oxygen atoms in total. The van der Waals surface area contributed by atoms with E-state index in [1.54, 1.807) is 13.0 Å². The molecule has 0 amide bonds. The summed E-state index contributed by atoms with van der Waals surface area (Å²) in [6.45, 7) is 1.86. The molecule has 0 saturated heterocycles. The Labute approximate surface area is 115 Å². The molecule has 0 fully saturated rings. The molecule has 0 bridgehead atoms. The Morgan fingerprint density at radius 1 is 1.35 bits per heavy atom. The van der Waals surface area contributed by atoms with Gasteiger partial charge in [-0.2, -0.15) is 0 Å². The first kappa shape index (κ1) is 14.0. The highest BCUT2D eigenvalue weighted by atomic mass is 19.1. The van der Waals surface area contributed by atoms with E-state index in [1.165, 1.54) is 12.1 Å². The van der Waals surface area contributed by atoms with Gasteiger partial charge in [0.2, 0.25) is 0 Å². The van der Waals surface area contributed by atoms with Gasteiger partial charge in [0, 0.05) is 18.1 Å². The zero-order valence-corrected chi connectivity index (χ0v) is 10.9. The molecule has 2 rings (SSSR count). The number of hydrogen-bond donors (Lipinski definition) is 1. The van der Waals surface area contributed by atoms with E-state index in [9.17, 15) is 4.39 Å². The van der Waals surface area contributed by atoms with Crippen molar-refractivity contribution in [2.75, 3.05) is 6.61 Å². The molecule has 1 N–H and O–H groups in total. The summed E-state index contributed by atoms with van der Waals surface area (Å²) in [7, 11) is 0. The van der Waals surface area contributed by atoms with Gasteiger partial charge >= 0.3 is 0 Å². The van der Waals surface area contributed by atoms with Crippen LogP contribution in [0.15, 0.2) is 22.8 Å². The number of hydrogen-bond acceptors (Lipinski definition) is 5. The van der Waals surface area contributed by atoms with Gasteiger partial charge in [-0.15, -0.1) is 0 Å². The number of aliphatic hydroxyl groups excluding tert-OH is 1. The van der Waals surface area contributed by atoms with E-state index in [1.807, 2.05) is 0 Å². The van der Waals surface area contributed by atoms with Gasteiger partial charge in [-0.05, 0) is 19.1 Å². The molecule has 0 unspecified atom stereocenters. The molecule has 0 aliphatic heterocycles. The molecule has 1 heterocycles. The number of nitrogens with zero attached hydrogens (tertiary/aromatic N) is 2. The topological polar surface area (TPSA) is 68.4 Å². The number of rotatable bonds is 4. The van der Waals surface area contributed by atoms with Gasteiger partial charge in [-0.25, -0.2) is 9.02 Å². The van der Waals surface area contributed by atoms with Crippen molar-refractivity contribution in [2.24, 2.45) is 0 Å². The molecule has 1 aromatic carbocycles. The van der Waals surface area contributed by atoms with Gasteiger partial charge in [0.05, 0.1) is 6.61 Å². The minimum absolute atomic E-state index is 0.0237. The summed E-state index contributed by atoms with van der Waals surface area (Å²) in [6.07, 6.45) is 0.344. The van der Waals surface area contributed by atoms with E-state index < -0.39 is 5.82 Å². The van der Waals surface area contributed by atoms with Crippen LogP contribution in [-0.2, 0) is 6.61 Å². The van der Waals surface area contributed by atoms with Crippen molar-refractivity contribution in [1.82, 2.24) is 10.3 Å². The van der Waals surface area contributed by atoms with Crippen LogP contribution in [0.2, 0.25) is 0 Å². The quantitative estimate of drug-likeness (QED) is 0.863. The monoisotopic (exact) mass is 276 g/mol. The maximum atomic E-state index is 13.4. The van der Waals surface area contributed by atoms with Gasteiger partial charge in [0.1, 0.15) is 29.6 Å². The third kappa shape index (κ3) is 3.80. The van der Waals surface area contributed by atoms with Crippen molar-refractivity contribution in [3.8, 4) is 17.6 Å². The summed E-state index contributed by atoms with van der Waals surface area (Å²) >= 11 is 0. The lowest BCUT2D eigenvalue weighted by molar-refractivity contribution is 0.269. The molecule has 104 valence electrons. The number of benzene rings is 1. The Bertz CT molecular complexity index is 643. The van der Waals surface area contributed by atoms with Gasteiger partial charge in [0.25, 0.3) is 0 Å². The highest BCUT2D eigenvalue weighted by molar-refractivity contribution is 5.40. The molecular formula is C14H13FN2O3. The fourth-order valence-corrected chi connectivity index (χ4v) is 1.47. The Balaban J connectivity index is 2.08. The number of halogens is 1. The molecule has 1 aromatic heterocycles. The molecule has 0 aliphatic carbocycles. The minimum atomic E-state index is -0.439. The zero-order valence-electron chi connectivity index (χ0n) is 10.9. The molecule has 0 radical (unpaired) electrons. The largest absolute Gasteiger partial charge is 0.487 e. The number of aromatic nitrogens is 2. The third-order valence-corrected chi connectivity index (χ3v) is 2.46. The molecule has 6 heteroatoms. The average Bonchev–Trinajstić information content (AvgIpc) is 2.82. The van der Waals surface area contributed by atoms with Crippen molar-refractivity contribution in [3.05, 3.63) is 41.0 Å². The minimum Gasteiger partial charge on any atom is -0.487 e. The van der Waals surface area contributed by atoms with Crippen molar-refractivity contribution < 1.29 is 18.9 Å². The van der Waals surface area contributed by atoms with Crippen LogP contribution in [0.25, 0.3) is 0 Å². The van der Waals surface area contributed by atoms with Crippen molar-refractivity contribution >= 4 is 0 Å². The van der Waals surface area contributed by atoms with Crippen LogP contribution in [0, 0.1) is 24.6 Å². The summed E-state index contributed by atoms with van der Waals surface area (Å²) in [4.78, 5) is 0. The van der Waals surface area contributed by atoms with E-state index in [2.05, 4.69) is 26.8 Å². The van der Waals surface area contributed by atoms with Crippen molar-refractivity contribution in [3.63, 3.8) is 0 Å². The van der Waals surface area contributed by atoms with Gasteiger partial charge in [-0.3, -0.25) is 0 Å². The fourth-order valence-electron chi connectivity index (χ4n) is 1.47. The van der Waals surface area contributed by atoms with E-state index >= 15 is 0 Å². The van der Waals surface area contributed by atoms with E-state index in [4.69, 9.17) is 9.84 Å². The highest BCUT2D eigenvalue weighted by Crippen LogP contribution is 2.17. The summed E-state index contributed by atoms with van der Waals surface area (Å²) in [5, 5.41) is 15.9. The first-order valence-corrected chi connectivity index (χ1v) is 6.00. The lowest BCUT2D eigenvalue weighted by Crippen LogP contribution is -1.98. The van der Waals surface area contributed by atoms with Gasteiger partial charge in [0.15, 0.2) is 0 Å². The highest BCUT2D eigenvalue weighted by Gasteiger charge is 2.07. The molecule has 0 atom stereocenters. The molecule has 0 saturated carbocycles. The summed E-state index contributed by atoms with van der Waals surface area (Å²) in [6, 6.07) is 4.19. The molecule has 2 aromatic rings. The lowest BCUT2D eigenvalue weighted by Gasteiger charge is -2.05. The van der Waals surface area contributed by atoms with Crippen molar-refractivity contribution in [2.45, 2.75) is 20.0 Å². The maximum absolute atomic E-state index is 13.4. The first-order valence-electron chi connectivity index (χ1n) is 6.00. The van der Waals surface area contributed by atoms with Gasteiger partial charge in [-0.1, -0.05) is 22.2 Å². The second kappa shape index (κ2) is 6.68. The Kier molecular flexibility index (Phi) is 4.69. The van der Waals surface area contributed by atoms with Crippen LogP contribution in [0.3, 0.4) is 0 Å². The van der Waals surface area contributed by atoms with Crippen LogP contribution in [0.1, 0.15) is 23.4 Å². The second-order valence-electron chi connectivity index (χ2n) is 4.04. The average molecular weight is 276 g/mol. The summed E-state index contributed by atoms with van der Waals surface area (Å²) in [5.41, 5.74) is 1.68. The van der Waals surface area contributed by atoms with E-state index in [-0.39, 0.29) is 13.2 Å². The van der Waals surface area contributed by atoms with E-state index in [0.717, 1.165) is 0 Å². The summed E-state index contributed by atoms with van der Waals surface area (Å²) in [5.74, 6) is 5.39. The summed E-state index contributed by atoms with van der Waals surface area (Å²) < 4.78 is 23.4. The number of ether oxygens (including phenoxy) is 1. The SMILES string of the molecule is Cc1nonc1COc1cc(F)cc(C#CCCO)c1. The van der Waals surface area contributed by atoms with Crippen LogP contribution in [-0.4, -0.2) is 22.0 Å². The molecule has 20 heavy (non-hydrogen) atoms. The Morgan fingerprint density at radius 2 is 2.20 bits per heavy atom. The number of aliphatic hydroxyl groups is 1. The fraction of sp³-hybridized carbons (Fsp3) is 0.286. The van der Waals surface area contributed by atoms with Crippen LogP contribution < -0.4 is 4.74 Å². The molecule has 0 spiro atoms. The van der Waals surface area contributed by atoms with Crippen molar-refractivity contribution in [1.29, 1.82) is 0 Å². The van der Waals surface area contributed by atoms with E-state index in [0.29, 0.717) is 29.1 Å². The zero-order chi connectivity index (χ0) is 14.4. The normalized spacial score (nSPS) is 9.95. The smallest absolute Gasteiger partial charge is 0.145 e. The lowest BCUT2D eigenvalue weighted by atomic mass is 10.2. The van der Waals surface area contributed by atoms with Crippen LogP contribution in [0.5, 0.6) is 5.75 Å². The molecular weight excluding hydrogens is 263 g/mol. The first-order chi connectivity index (χ1) is 9.69. The predicted octanol–water partition coefficient (Wildman–Crippen LogP) is 1.83. The maximum Gasteiger partial charge on any atom is 0.145 e.